The molecular weight excluding hydrogens is 268 g/mol. The van der Waals surface area contributed by atoms with Crippen LogP contribution in [0.2, 0.25) is 0 Å². The molecule has 0 saturated heterocycles. The van der Waals surface area contributed by atoms with Crippen molar-refractivity contribution in [1.29, 1.82) is 0 Å². The van der Waals surface area contributed by atoms with Crippen LogP contribution < -0.4 is 5.73 Å². The Bertz CT molecular complexity index is 620. The largest absolute Gasteiger partial charge is 0.327 e. The van der Waals surface area contributed by atoms with E-state index in [2.05, 4.69) is 12.1 Å². The molecule has 0 spiro atoms. The zero-order valence-electron chi connectivity index (χ0n) is 11.9. The number of benzene rings is 2. The summed E-state index contributed by atoms with van der Waals surface area (Å²) < 4.78 is 27.2. The molecule has 1 nitrogen and oxygen atoms in total. The monoisotopic (exact) mass is 287 g/mol. The summed E-state index contributed by atoms with van der Waals surface area (Å²) in [4.78, 5) is 0. The molecule has 0 bridgehead atoms. The van der Waals surface area contributed by atoms with Crippen molar-refractivity contribution in [3.63, 3.8) is 0 Å². The second-order valence-corrected chi connectivity index (χ2v) is 5.90. The first kappa shape index (κ1) is 14.2. The van der Waals surface area contributed by atoms with Gasteiger partial charge in [0.15, 0.2) is 11.6 Å². The van der Waals surface area contributed by atoms with Crippen LogP contribution in [-0.4, -0.2) is 6.04 Å². The summed E-state index contributed by atoms with van der Waals surface area (Å²) in [6, 6.07) is 14.3. The minimum atomic E-state index is -0.804. The van der Waals surface area contributed by atoms with Crippen molar-refractivity contribution in [2.45, 2.75) is 37.1 Å². The smallest absolute Gasteiger partial charge is 0.162 e. The summed E-state index contributed by atoms with van der Waals surface area (Å²) >= 11 is 0. The maximum Gasteiger partial charge on any atom is 0.162 e. The Labute approximate surface area is 123 Å². The van der Waals surface area contributed by atoms with Crippen molar-refractivity contribution in [2.75, 3.05) is 0 Å². The lowest BCUT2D eigenvalue weighted by molar-refractivity contribution is 0.193. The van der Waals surface area contributed by atoms with Gasteiger partial charge >= 0.3 is 0 Å². The fraction of sp³-hybridized carbons (Fsp3) is 0.333. The topological polar surface area (TPSA) is 26.0 Å². The lowest BCUT2D eigenvalue weighted by atomic mass is 9.59. The fourth-order valence-corrected chi connectivity index (χ4v) is 3.34. The van der Waals surface area contributed by atoms with Gasteiger partial charge in [0.1, 0.15) is 0 Å². The Morgan fingerprint density at radius 2 is 1.71 bits per heavy atom. The molecule has 0 radical (unpaired) electrons. The highest BCUT2D eigenvalue weighted by molar-refractivity contribution is 5.32. The summed E-state index contributed by atoms with van der Waals surface area (Å²) in [5.41, 5.74) is 7.88. The van der Waals surface area contributed by atoms with Gasteiger partial charge in [-0.1, -0.05) is 48.9 Å². The van der Waals surface area contributed by atoms with E-state index in [4.69, 9.17) is 5.73 Å². The number of halogens is 2. The van der Waals surface area contributed by atoms with Gasteiger partial charge < -0.3 is 5.73 Å². The SMILES string of the molecule is NC(Cc1cccc(F)c1F)C1(c2ccccc2)CCC1. The minimum Gasteiger partial charge on any atom is -0.327 e. The second-order valence-electron chi connectivity index (χ2n) is 5.90. The highest BCUT2D eigenvalue weighted by atomic mass is 19.2. The van der Waals surface area contributed by atoms with Crippen molar-refractivity contribution in [3.8, 4) is 0 Å². The highest BCUT2D eigenvalue weighted by Crippen LogP contribution is 2.46. The van der Waals surface area contributed by atoms with Gasteiger partial charge in [-0.05, 0) is 36.5 Å². The van der Waals surface area contributed by atoms with Gasteiger partial charge in [0.05, 0.1) is 0 Å². The summed E-state index contributed by atoms with van der Waals surface area (Å²) in [5.74, 6) is -1.57. The third-order valence-electron chi connectivity index (χ3n) is 4.78. The van der Waals surface area contributed by atoms with Crippen LogP contribution in [0.3, 0.4) is 0 Å². The molecule has 1 aliphatic rings. The lowest BCUT2D eigenvalue weighted by Gasteiger charge is -2.47. The van der Waals surface area contributed by atoms with Crippen LogP contribution in [-0.2, 0) is 11.8 Å². The summed E-state index contributed by atoms with van der Waals surface area (Å²) in [5, 5.41) is 0. The van der Waals surface area contributed by atoms with Crippen LogP contribution in [0, 0.1) is 11.6 Å². The number of hydrogen-bond donors (Lipinski definition) is 1. The molecule has 0 amide bonds. The van der Waals surface area contributed by atoms with Crippen molar-refractivity contribution >= 4 is 0 Å². The Morgan fingerprint density at radius 1 is 1.00 bits per heavy atom. The Balaban J connectivity index is 1.87. The van der Waals surface area contributed by atoms with Gasteiger partial charge in [-0.25, -0.2) is 8.78 Å². The number of rotatable bonds is 4. The molecule has 1 saturated carbocycles. The maximum atomic E-state index is 13.8. The van der Waals surface area contributed by atoms with Gasteiger partial charge in [0.25, 0.3) is 0 Å². The second kappa shape index (κ2) is 5.57. The third-order valence-corrected chi connectivity index (χ3v) is 4.78. The summed E-state index contributed by atoms with van der Waals surface area (Å²) in [6.45, 7) is 0. The molecular formula is C18H19F2N. The molecule has 110 valence electrons. The van der Waals surface area contributed by atoms with E-state index in [1.54, 1.807) is 6.07 Å². The van der Waals surface area contributed by atoms with Gasteiger partial charge in [0, 0.05) is 11.5 Å². The first-order chi connectivity index (χ1) is 10.1. The van der Waals surface area contributed by atoms with Crippen LogP contribution >= 0.6 is 0 Å². The maximum absolute atomic E-state index is 13.8. The molecule has 21 heavy (non-hydrogen) atoms. The predicted molar refractivity (Wildman–Crippen MR) is 80.0 cm³/mol. The van der Waals surface area contributed by atoms with Gasteiger partial charge in [-0.3, -0.25) is 0 Å². The van der Waals surface area contributed by atoms with Crippen molar-refractivity contribution in [3.05, 3.63) is 71.3 Å². The van der Waals surface area contributed by atoms with Crippen LogP contribution in [0.15, 0.2) is 48.5 Å². The normalized spacial score (nSPS) is 18.0. The molecule has 2 N–H and O–H groups in total. The zero-order chi connectivity index (χ0) is 14.9. The molecule has 3 rings (SSSR count). The van der Waals surface area contributed by atoms with Crippen LogP contribution in [0.1, 0.15) is 30.4 Å². The van der Waals surface area contributed by atoms with Crippen molar-refractivity contribution < 1.29 is 8.78 Å². The first-order valence-electron chi connectivity index (χ1n) is 7.37. The summed E-state index contributed by atoms with van der Waals surface area (Å²) in [7, 11) is 0. The van der Waals surface area contributed by atoms with Crippen molar-refractivity contribution in [2.24, 2.45) is 5.73 Å². The van der Waals surface area contributed by atoms with Crippen LogP contribution in [0.25, 0.3) is 0 Å². The van der Waals surface area contributed by atoms with E-state index < -0.39 is 11.6 Å². The van der Waals surface area contributed by atoms with E-state index in [0.29, 0.717) is 12.0 Å². The van der Waals surface area contributed by atoms with E-state index in [1.807, 2.05) is 18.2 Å². The molecule has 2 aromatic carbocycles. The molecule has 1 atom stereocenters. The Kier molecular flexibility index (Phi) is 3.77. The lowest BCUT2D eigenvalue weighted by Crippen LogP contribution is -2.51. The standard InChI is InChI=1S/C18H19F2N/c19-15-9-4-6-13(17(15)20)12-16(21)18(10-5-11-18)14-7-2-1-3-8-14/h1-4,6-9,16H,5,10-12,21H2. The van der Waals surface area contributed by atoms with Crippen molar-refractivity contribution in [1.82, 2.24) is 0 Å². The highest BCUT2D eigenvalue weighted by Gasteiger charge is 2.43. The van der Waals surface area contributed by atoms with E-state index in [0.717, 1.165) is 25.3 Å². The first-order valence-corrected chi connectivity index (χ1v) is 7.37. The molecule has 1 aliphatic carbocycles. The molecule has 0 aromatic heterocycles. The van der Waals surface area contributed by atoms with Gasteiger partial charge in [-0.15, -0.1) is 0 Å². The Morgan fingerprint density at radius 3 is 2.33 bits per heavy atom. The minimum absolute atomic E-state index is 0.0972. The molecule has 3 heteroatoms. The van der Waals surface area contributed by atoms with E-state index >= 15 is 0 Å². The van der Waals surface area contributed by atoms with E-state index in [-0.39, 0.29) is 11.5 Å². The number of hydrogen-bond acceptors (Lipinski definition) is 1. The quantitative estimate of drug-likeness (QED) is 0.905. The van der Waals surface area contributed by atoms with Gasteiger partial charge in [-0.2, -0.15) is 0 Å². The molecule has 0 aliphatic heterocycles. The third kappa shape index (κ3) is 2.46. The Hall–Kier alpha value is -1.74. The average Bonchev–Trinajstić information content (AvgIpc) is 2.44. The van der Waals surface area contributed by atoms with E-state index in [1.165, 1.54) is 11.6 Å². The predicted octanol–water partition coefficient (Wildman–Crippen LogP) is 3.96. The average molecular weight is 287 g/mol. The molecule has 1 fully saturated rings. The molecule has 1 unspecified atom stereocenters. The molecule has 2 aromatic rings. The van der Waals surface area contributed by atoms with Crippen LogP contribution in [0.5, 0.6) is 0 Å². The van der Waals surface area contributed by atoms with Crippen LogP contribution in [0.4, 0.5) is 8.78 Å². The summed E-state index contributed by atoms with van der Waals surface area (Å²) in [6.07, 6.45) is 3.51. The van der Waals surface area contributed by atoms with E-state index in [9.17, 15) is 8.78 Å². The fourth-order valence-electron chi connectivity index (χ4n) is 3.34. The van der Waals surface area contributed by atoms with Gasteiger partial charge in [0.2, 0.25) is 0 Å². The number of nitrogens with two attached hydrogens (primary N) is 1. The zero-order valence-corrected chi connectivity index (χ0v) is 11.9. The molecule has 0 heterocycles.